The van der Waals surface area contributed by atoms with E-state index in [4.69, 9.17) is 11.6 Å². The van der Waals surface area contributed by atoms with Crippen molar-refractivity contribution in [3.8, 4) is 5.69 Å². The highest BCUT2D eigenvalue weighted by atomic mass is 35.5. The quantitative estimate of drug-likeness (QED) is 0.282. The number of sulfonamides is 1. The minimum Gasteiger partial charge on any atom is -0.384 e. The lowest BCUT2D eigenvalue weighted by atomic mass is 10.1. The number of aromatic nitrogens is 1. The van der Waals surface area contributed by atoms with Crippen LogP contribution in [-0.4, -0.2) is 50.1 Å². The predicted molar refractivity (Wildman–Crippen MR) is 152 cm³/mol. The summed E-state index contributed by atoms with van der Waals surface area (Å²) in [5.74, 6) is 0. The number of hydrogen-bond acceptors (Lipinski definition) is 7. The van der Waals surface area contributed by atoms with Gasteiger partial charge in [-0.2, -0.15) is 0 Å². The number of pyridine rings is 1. The molecule has 0 saturated carbocycles. The molecule has 0 spiro atoms. The second-order valence-electron chi connectivity index (χ2n) is 8.93. The largest absolute Gasteiger partial charge is 0.384 e. The van der Waals surface area contributed by atoms with Crippen molar-refractivity contribution in [1.29, 1.82) is 0 Å². The Labute approximate surface area is 229 Å². The minimum atomic E-state index is -4.03. The molecular weight excluding hydrogens is 546 g/mol. The van der Waals surface area contributed by atoms with Gasteiger partial charge in [0.2, 0.25) is 0 Å². The van der Waals surface area contributed by atoms with Gasteiger partial charge in [0, 0.05) is 41.7 Å². The summed E-state index contributed by atoms with van der Waals surface area (Å²) in [6.45, 7) is 4.19. The van der Waals surface area contributed by atoms with Crippen LogP contribution in [0.3, 0.4) is 0 Å². The highest BCUT2D eigenvalue weighted by molar-refractivity contribution is 7.92. The van der Waals surface area contributed by atoms with Gasteiger partial charge in [0.25, 0.3) is 15.6 Å². The summed E-state index contributed by atoms with van der Waals surface area (Å²) >= 11 is 6.63. The predicted octanol–water partition coefficient (Wildman–Crippen LogP) is 4.72. The summed E-state index contributed by atoms with van der Waals surface area (Å²) in [6, 6.07) is 16.0. The minimum absolute atomic E-state index is 0.0614. The molecule has 12 heteroatoms. The van der Waals surface area contributed by atoms with E-state index >= 15 is 0 Å². The topological polar surface area (TPSA) is 113 Å². The first-order valence-corrected chi connectivity index (χ1v) is 14.8. The van der Waals surface area contributed by atoms with Gasteiger partial charge in [-0.15, -0.1) is 11.3 Å². The molecule has 38 heavy (non-hydrogen) atoms. The number of amides is 2. The lowest BCUT2D eigenvalue weighted by Gasteiger charge is -2.15. The Morgan fingerprint density at radius 2 is 1.71 bits per heavy atom. The first-order chi connectivity index (χ1) is 18.3. The fraction of sp³-hybridized carbons (Fsp3) is 0.231. The second kappa shape index (κ2) is 11.2. The van der Waals surface area contributed by atoms with E-state index in [9.17, 15) is 18.0 Å². The molecule has 5 rings (SSSR count). The summed E-state index contributed by atoms with van der Waals surface area (Å²) < 4.78 is 28.3. The van der Waals surface area contributed by atoms with Gasteiger partial charge in [0.15, 0.2) is 0 Å². The SMILES string of the molecule is O=C(Nc1ccc(-n2ccc3cc(NCCN4CCCC4)ccc3c2=O)cc1)NS(=O)(=O)c1ccc(Cl)s1. The molecule has 3 heterocycles. The zero-order valence-corrected chi connectivity index (χ0v) is 22.7. The summed E-state index contributed by atoms with van der Waals surface area (Å²) in [5.41, 5.74) is 1.79. The highest BCUT2D eigenvalue weighted by Crippen LogP contribution is 2.25. The van der Waals surface area contributed by atoms with Crippen LogP contribution < -0.4 is 20.9 Å². The maximum Gasteiger partial charge on any atom is 0.333 e. The molecule has 0 unspecified atom stereocenters. The second-order valence-corrected chi connectivity index (χ2v) is 12.6. The van der Waals surface area contributed by atoms with Gasteiger partial charge in [-0.1, -0.05) is 11.6 Å². The van der Waals surface area contributed by atoms with E-state index in [1.165, 1.54) is 29.5 Å². The zero-order valence-electron chi connectivity index (χ0n) is 20.3. The normalized spacial score (nSPS) is 14.0. The standard InChI is InChI=1S/C26H26ClN5O4S2/c27-23-9-10-24(37-23)38(35,36)30-26(34)29-19-3-6-21(7-4-19)32-15-11-18-17-20(5-8-22(18)25(32)33)28-12-16-31-13-1-2-14-31/h3-11,15,17,28H,1-2,12-14,16H2,(H2,29,30,34). The van der Waals surface area contributed by atoms with E-state index in [0.29, 0.717) is 21.1 Å². The van der Waals surface area contributed by atoms with Crippen molar-refractivity contribution in [2.24, 2.45) is 0 Å². The molecule has 1 saturated heterocycles. The monoisotopic (exact) mass is 571 g/mol. The third-order valence-corrected chi connectivity index (χ3v) is 9.36. The Morgan fingerprint density at radius 3 is 2.42 bits per heavy atom. The van der Waals surface area contributed by atoms with E-state index in [1.54, 1.807) is 30.5 Å². The number of hydrogen-bond donors (Lipinski definition) is 3. The number of nitrogens with zero attached hydrogens (tertiary/aromatic N) is 2. The van der Waals surface area contributed by atoms with Crippen LogP contribution in [0.4, 0.5) is 16.2 Å². The molecule has 1 fully saturated rings. The molecule has 2 amide bonds. The lowest BCUT2D eigenvalue weighted by Crippen LogP contribution is -2.33. The Bertz CT molecular complexity index is 1630. The van der Waals surface area contributed by atoms with E-state index in [-0.39, 0.29) is 9.77 Å². The van der Waals surface area contributed by atoms with Gasteiger partial charge >= 0.3 is 6.03 Å². The lowest BCUT2D eigenvalue weighted by molar-refractivity contribution is 0.256. The molecule has 3 N–H and O–H groups in total. The first kappa shape index (κ1) is 26.2. The van der Waals surface area contributed by atoms with Crippen LogP contribution in [0.15, 0.2) is 75.9 Å². The molecule has 0 aliphatic carbocycles. The smallest absolute Gasteiger partial charge is 0.333 e. The summed E-state index contributed by atoms with van der Waals surface area (Å²) in [7, 11) is -4.03. The van der Waals surface area contributed by atoms with Crippen molar-refractivity contribution in [1.82, 2.24) is 14.2 Å². The molecule has 0 bridgehead atoms. The first-order valence-electron chi connectivity index (χ1n) is 12.1. The van der Waals surface area contributed by atoms with Crippen molar-refractivity contribution >= 4 is 61.1 Å². The number of benzene rings is 2. The van der Waals surface area contributed by atoms with Gasteiger partial charge in [-0.3, -0.25) is 9.36 Å². The van der Waals surface area contributed by atoms with Gasteiger partial charge in [-0.25, -0.2) is 17.9 Å². The zero-order chi connectivity index (χ0) is 26.7. The number of rotatable bonds is 8. The molecule has 0 atom stereocenters. The Hall–Kier alpha value is -3.38. The third-order valence-electron chi connectivity index (χ3n) is 6.30. The van der Waals surface area contributed by atoms with Crippen LogP contribution in [0.25, 0.3) is 16.5 Å². The number of fused-ring (bicyclic) bond motifs is 1. The number of anilines is 2. The fourth-order valence-corrected chi connectivity index (χ4v) is 6.79. The Balaban J connectivity index is 1.24. The molecule has 1 aliphatic rings. The summed E-state index contributed by atoms with van der Waals surface area (Å²) in [4.78, 5) is 27.8. The molecule has 4 aromatic rings. The number of thiophene rings is 1. The molecule has 2 aromatic carbocycles. The maximum absolute atomic E-state index is 13.2. The van der Waals surface area contributed by atoms with Crippen LogP contribution in [-0.2, 0) is 10.0 Å². The average molecular weight is 572 g/mol. The van der Waals surface area contributed by atoms with Gasteiger partial charge in [0.1, 0.15) is 4.21 Å². The fourth-order valence-electron chi connectivity index (χ4n) is 4.40. The number of nitrogens with one attached hydrogen (secondary N) is 3. The number of carbonyl (C=O) groups excluding carboxylic acids is 1. The van der Waals surface area contributed by atoms with Crippen LogP contribution in [0, 0.1) is 0 Å². The number of likely N-dealkylation sites (tertiary alicyclic amines) is 1. The van der Waals surface area contributed by atoms with Crippen molar-refractivity contribution in [3.05, 3.63) is 81.6 Å². The third kappa shape index (κ3) is 6.02. The number of halogens is 1. The maximum atomic E-state index is 13.2. The van der Waals surface area contributed by atoms with Crippen LogP contribution >= 0.6 is 22.9 Å². The Morgan fingerprint density at radius 1 is 0.974 bits per heavy atom. The molecule has 198 valence electrons. The van der Waals surface area contributed by atoms with E-state index in [0.717, 1.165) is 48.6 Å². The van der Waals surface area contributed by atoms with Gasteiger partial charge in [-0.05, 0) is 92.0 Å². The van der Waals surface area contributed by atoms with Crippen molar-refractivity contribution in [2.45, 2.75) is 17.1 Å². The van der Waals surface area contributed by atoms with Gasteiger partial charge in [0.05, 0.1) is 4.34 Å². The van der Waals surface area contributed by atoms with Crippen LogP contribution in [0.1, 0.15) is 12.8 Å². The van der Waals surface area contributed by atoms with E-state index in [2.05, 4.69) is 15.5 Å². The molecule has 2 aromatic heterocycles. The van der Waals surface area contributed by atoms with Crippen LogP contribution in [0.5, 0.6) is 0 Å². The van der Waals surface area contributed by atoms with Gasteiger partial charge < -0.3 is 15.5 Å². The van der Waals surface area contributed by atoms with Crippen LogP contribution in [0.2, 0.25) is 4.34 Å². The van der Waals surface area contributed by atoms with E-state index in [1.807, 2.05) is 29.0 Å². The Kier molecular flexibility index (Phi) is 7.70. The number of urea groups is 1. The number of carbonyl (C=O) groups is 1. The highest BCUT2D eigenvalue weighted by Gasteiger charge is 2.20. The van der Waals surface area contributed by atoms with Crippen molar-refractivity contribution in [3.63, 3.8) is 0 Å². The van der Waals surface area contributed by atoms with Crippen molar-refractivity contribution in [2.75, 3.05) is 36.8 Å². The summed E-state index contributed by atoms with van der Waals surface area (Å²) in [6.07, 6.45) is 4.26. The molecule has 1 aliphatic heterocycles. The molecule has 0 radical (unpaired) electrons. The van der Waals surface area contributed by atoms with Crippen molar-refractivity contribution < 1.29 is 13.2 Å². The summed E-state index contributed by atoms with van der Waals surface area (Å²) in [5, 5.41) is 7.37. The molecule has 9 nitrogen and oxygen atoms in total. The van der Waals surface area contributed by atoms with E-state index < -0.39 is 16.1 Å². The average Bonchev–Trinajstić information content (AvgIpc) is 3.57. The molecular formula is C26H26ClN5O4S2.